The molecule has 0 bridgehead atoms. The van der Waals surface area contributed by atoms with E-state index in [0.717, 1.165) is 25.7 Å². The predicted molar refractivity (Wildman–Crippen MR) is 92.3 cm³/mol. The molecule has 1 aromatic rings. The van der Waals surface area contributed by atoms with E-state index in [9.17, 15) is 13.8 Å². The number of carbonyl (C=O) groups is 1. The second-order valence-electron chi connectivity index (χ2n) is 5.57. The Morgan fingerprint density at radius 2 is 1.62 bits per heavy atom. The molecule has 0 unspecified atom stereocenters. The molecule has 136 valence electrons. The van der Waals surface area contributed by atoms with Crippen molar-refractivity contribution < 1.29 is 22.8 Å². The van der Waals surface area contributed by atoms with E-state index < -0.39 is 19.2 Å². The molecule has 1 atom stereocenters. The van der Waals surface area contributed by atoms with Crippen molar-refractivity contribution in [3.63, 3.8) is 0 Å². The fourth-order valence-electron chi connectivity index (χ4n) is 2.04. The molecule has 0 aliphatic carbocycles. The number of carbonyl (C=O) groups excluding carboxylic acids is 1. The number of hydrogen-bond acceptors (Lipinski definition) is 4. The zero-order valence-electron chi connectivity index (χ0n) is 14.6. The molecule has 0 saturated heterocycles. The number of unbranched alkanes of at least 4 members (excludes halogenated alkanes) is 2. The second kappa shape index (κ2) is 10.6. The van der Waals surface area contributed by atoms with E-state index >= 15 is 0 Å². The van der Waals surface area contributed by atoms with E-state index in [2.05, 4.69) is 5.32 Å². The van der Waals surface area contributed by atoms with E-state index in [1.165, 1.54) is 31.2 Å². The molecule has 1 aromatic carbocycles. The standard InChI is InChI=1S/C17H27FNO4P/c1-4-6-12-22-24(21,23-13-7-5-2)17(19-14(3)20)15-8-10-16(18)11-9-15/h8-11,17H,4-7,12-13H2,1-3H3,(H,19,20)/t17-/m0/s1. The summed E-state index contributed by atoms with van der Waals surface area (Å²) < 4.78 is 37.7. The summed E-state index contributed by atoms with van der Waals surface area (Å²) in [4.78, 5) is 11.6. The van der Waals surface area contributed by atoms with Crippen LogP contribution in [0, 0.1) is 5.82 Å². The Bertz CT molecular complexity index is 536. The maximum Gasteiger partial charge on any atom is 0.357 e. The molecule has 0 spiro atoms. The molecule has 0 fully saturated rings. The minimum atomic E-state index is -3.63. The third-order valence-corrected chi connectivity index (χ3v) is 5.52. The summed E-state index contributed by atoms with van der Waals surface area (Å²) in [5, 5.41) is 2.64. The van der Waals surface area contributed by atoms with Crippen LogP contribution in [0.15, 0.2) is 24.3 Å². The summed E-state index contributed by atoms with van der Waals surface area (Å²) in [6.45, 7) is 5.88. The summed E-state index contributed by atoms with van der Waals surface area (Å²) in [5.41, 5.74) is 0.489. The lowest BCUT2D eigenvalue weighted by molar-refractivity contribution is -0.119. The molecule has 1 amide bonds. The molecule has 7 heteroatoms. The number of halogens is 1. The predicted octanol–water partition coefficient (Wildman–Crippen LogP) is 4.79. The Hall–Kier alpha value is -1.23. The van der Waals surface area contributed by atoms with E-state index in [1.807, 2.05) is 13.8 Å². The van der Waals surface area contributed by atoms with Gasteiger partial charge in [0.05, 0.1) is 13.2 Å². The minimum Gasteiger partial charge on any atom is -0.339 e. The summed E-state index contributed by atoms with van der Waals surface area (Å²) in [5.74, 6) is -1.72. The maximum absolute atomic E-state index is 13.3. The highest BCUT2D eigenvalue weighted by molar-refractivity contribution is 7.54. The lowest BCUT2D eigenvalue weighted by atomic mass is 10.2. The van der Waals surface area contributed by atoms with Gasteiger partial charge in [0.2, 0.25) is 5.91 Å². The van der Waals surface area contributed by atoms with Crippen LogP contribution in [0.5, 0.6) is 0 Å². The first-order valence-electron chi connectivity index (χ1n) is 8.34. The fraction of sp³-hybridized carbons (Fsp3) is 0.588. The van der Waals surface area contributed by atoms with Crippen LogP contribution >= 0.6 is 7.60 Å². The average Bonchev–Trinajstić information content (AvgIpc) is 2.54. The van der Waals surface area contributed by atoms with Gasteiger partial charge in [0.1, 0.15) is 5.82 Å². The van der Waals surface area contributed by atoms with Gasteiger partial charge >= 0.3 is 7.60 Å². The van der Waals surface area contributed by atoms with Crippen molar-refractivity contribution in [2.45, 2.75) is 52.2 Å². The molecular weight excluding hydrogens is 332 g/mol. The Morgan fingerprint density at radius 1 is 1.12 bits per heavy atom. The molecule has 0 heterocycles. The van der Waals surface area contributed by atoms with Crippen LogP contribution in [0.4, 0.5) is 4.39 Å². The number of amides is 1. The Labute approximate surface area is 143 Å². The van der Waals surface area contributed by atoms with Crippen LogP contribution in [0.3, 0.4) is 0 Å². The zero-order valence-corrected chi connectivity index (χ0v) is 15.5. The van der Waals surface area contributed by atoms with Gasteiger partial charge in [-0.3, -0.25) is 9.36 Å². The van der Waals surface area contributed by atoms with Gasteiger partial charge in [0.25, 0.3) is 0 Å². The third-order valence-electron chi connectivity index (χ3n) is 3.38. The van der Waals surface area contributed by atoms with Crippen molar-refractivity contribution in [2.75, 3.05) is 13.2 Å². The average molecular weight is 359 g/mol. The zero-order chi connectivity index (χ0) is 18.0. The first-order valence-corrected chi connectivity index (χ1v) is 9.95. The SMILES string of the molecule is CCCCOP(=O)(OCCCC)[C@H](NC(C)=O)c1ccc(F)cc1. The number of benzene rings is 1. The van der Waals surface area contributed by atoms with Crippen molar-refractivity contribution in [3.05, 3.63) is 35.6 Å². The van der Waals surface area contributed by atoms with Crippen molar-refractivity contribution in [1.29, 1.82) is 0 Å². The molecule has 1 rings (SSSR count). The lowest BCUT2D eigenvalue weighted by Crippen LogP contribution is -2.27. The van der Waals surface area contributed by atoms with Crippen LogP contribution < -0.4 is 5.32 Å². The van der Waals surface area contributed by atoms with E-state index in [-0.39, 0.29) is 19.1 Å². The van der Waals surface area contributed by atoms with E-state index in [4.69, 9.17) is 9.05 Å². The largest absolute Gasteiger partial charge is 0.357 e. The van der Waals surface area contributed by atoms with Gasteiger partial charge in [0, 0.05) is 6.92 Å². The smallest absolute Gasteiger partial charge is 0.339 e. The van der Waals surface area contributed by atoms with Crippen molar-refractivity contribution >= 4 is 13.5 Å². The van der Waals surface area contributed by atoms with Crippen molar-refractivity contribution in [1.82, 2.24) is 5.32 Å². The molecular formula is C17H27FNO4P. The lowest BCUT2D eigenvalue weighted by Gasteiger charge is -2.27. The van der Waals surface area contributed by atoms with E-state index in [1.54, 1.807) is 0 Å². The molecule has 0 aromatic heterocycles. The first-order chi connectivity index (χ1) is 11.4. The van der Waals surface area contributed by atoms with Gasteiger partial charge in [0.15, 0.2) is 5.78 Å². The monoisotopic (exact) mass is 359 g/mol. The van der Waals surface area contributed by atoms with E-state index in [0.29, 0.717) is 5.56 Å². The Morgan fingerprint density at radius 3 is 2.04 bits per heavy atom. The summed E-state index contributed by atoms with van der Waals surface area (Å²) in [6.07, 6.45) is 3.24. The van der Waals surface area contributed by atoms with Crippen LogP contribution in [-0.4, -0.2) is 19.1 Å². The van der Waals surface area contributed by atoms with Gasteiger partial charge in [-0.15, -0.1) is 0 Å². The van der Waals surface area contributed by atoms with Crippen LogP contribution in [-0.2, 0) is 18.4 Å². The highest BCUT2D eigenvalue weighted by Gasteiger charge is 2.38. The van der Waals surface area contributed by atoms with Crippen LogP contribution in [0.25, 0.3) is 0 Å². The molecule has 0 saturated carbocycles. The molecule has 0 aliphatic heterocycles. The van der Waals surface area contributed by atoms with Gasteiger partial charge in [-0.1, -0.05) is 38.8 Å². The highest BCUT2D eigenvalue weighted by Crippen LogP contribution is 2.59. The Balaban J connectivity index is 3.09. The molecule has 0 radical (unpaired) electrons. The van der Waals surface area contributed by atoms with Crippen LogP contribution in [0.2, 0.25) is 0 Å². The van der Waals surface area contributed by atoms with Crippen molar-refractivity contribution in [3.8, 4) is 0 Å². The Kier molecular flexibility index (Phi) is 9.19. The molecule has 1 N–H and O–H groups in total. The number of rotatable bonds is 11. The summed E-state index contributed by atoms with van der Waals surface area (Å²) in [6, 6.07) is 5.48. The minimum absolute atomic E-state index is 0.275. The van der Waals surface area contributed by atoms with Crippen molar-refractivity contribution in [2.24, 2.45) is 0 Å². The number of hydrogen-bond donors (Lipinski definition) is 1. The fourth-order valence-corrected chi connectivity index (χ4v) is 4.06. The second-order valence-corrected chi connectivity index (χ2v) is 7.68. The third kappa shape index (κ3) is 6.71. The molecule has 5 nitrogen and oxygen atoms in total. The summed E-state index contributed by atoms with van der Waals surface area (Å²) >= 11 is 0. The summed E-state index contributed by atoms with van der Waals surface area (Å²) in [7, 11) is -3.63. The topological polar surface area (TPSA) is 64.6 Å². The quantitative estimate of drug-likeness (QED) is 0.456. The highest BCUT2D eigenvalue weighted by atomic mass is 31.2. The molecule has 0 aliphatic rings. The normalized spacial score (nSPS) is 12.8. The number of nitrogens with one attached hydrogen (secondary N) is 1. The maximum atomic E-state index is 13.3. The first kappa shape index (κ1) is 20.8. The van der Waals surface area contributed by atoms with Gasteiger partial charge < -0.3 is 14.4 Å². The van der Waals surface area contributed by atoms with Gasteiger partial charge in [-0.2, -0.15) is 0 Å². The van der Waals surface area contributed by atoms with Gasteiger partial charge in [-0.25, -0.2) is 4.39 Å². The van der Waals surface area contributed by atoms with Crippen LogP contribution in [0.1, 0.15) is 57.8 Å². The molecule has 24 heavy (non-hydrogen) atoms. The van der Waals surface area contributed by atoms with Gasteiger partial charge in [-0.05, 0) is 30.5 Å².